The van der Waals surface area contributed by atoms with E-state index in [4.69, 9.17) is 18.0 Å². The van der Waals surface area contributed by atoms with Gasteiger partial charge in [-0.1, -0.05) is 26.1 Å². The highest BCUT2D eigenvalue weighted by Crippen LogP contribution is 2.14. The van der Waals surface area contributed by atoms with Gasteiger partial charge in [-0.25, -0.2) is 9.50 Å². The molecule has 0 aliphatic rings. The molecule has 0 amide bonds. The molecule has 0 aromatic carbocycles. The molecule has 102 valence electrons. The van der Waals surface area contributed by atoms with Crippen molar-refractivity contribution in [1.82, 2.24) is 14.6 Å². The quantitative estimate of drug-likeness (QED) is 0.817. The summed E-state index contributed by atoms with van der Waals surface area (Å²) in [5.74, 6) is 1.49. The third kappa shape index (κ3) is 3.64. The molecule has 2 N–H and O–H groups in total. The zero-order valence-corrected chi connectivity index (χ0v) is 12.1. The Hall–Kier alpha value is -1.69. The molecule has 0 saturated carbocycles. The van der Waals surface area contributed by atoms with Crippen LogP contribution < -0.4 is 10.6 Å². The molecule has 6 heteroatoms. The summed E-state index contributed by atoms with van der Waals surface area (Å²) in [5.41, 5.74) is 6.44. The molecule has 2 aromatic rings. The number of fused-ring (bicyclic) bond motifs is 1. The molecule has 2 heterocycles. The van der Waals surface area contributed by atoms with Gasteiger partial charge in [0.25, 0.3) is 0 Å². The molecule has 0 saturated heterocycles. The molecule has 0 unspecified atom stereocenters. The molecule has 0 aliphatic carbocycles. The maximum atomic E-state index is 5.59. The summed E-state index contributed by atoms with van der Waals surface area (Å²) in [6.07, 6.45) is 4.37. The lowest BCUT2D eigenvalue weighted by molar-refractivity contribution is 0.609. The molecule has 2 aromatic heterocycles. The number of nitrogens with two attached hydrogens (primary N) is 1. The molecular formula is C13H19N5S. The first-order valence-corrected chi connectivity index (χ1v) is 6.80. The van der Waals surface area contributed by atoms with E-state index in [2.05, 4.69) is 28.8 Å². The molecule has 0 radical (unpaired) electrons. The van der Waals surface area contributed by atoms with Crippen LogP contribution in [0, 0.1) is 5.92 Å². The molecule has 0 atom stereocenters. The minimum Gasteiger partial charge on any atom is -0.393 e. The average molecular weight is 277 g/mol. The normalized spacial score (nSPS) is 11.1. The number of hydrogen-bond acceptors (Lipinski definition) is 4. The van der Waals surface area contributed by atoms with E-state index in [0.29, 0.717) is 17.3 Å². The first-order chi connectivity index (χ1) is 9.06. The molecular weight excluding hydrogens is 258 g/mol. The lowest BCUT2D eigenvalue weighted by atomic mass is 10.2. The fraction of sp³-hybridized carbons (Fsp3) is 0.462. The van der Waals surface area contributed by atoms with Crippen LogP contribution in [0.3, 0.4) is 0 Å². The minimum atomic E-state index is 0.541. The van der Waals surface area contributed by atoms with Gasteiger partial charge in [-0.2, -0.15) is 5.10 Å². The largest absolute Gasteiger partial charge is 0.393 e. The third-order valence-electron chi connectivity index (χ3n) is 2.78. The van der Waals surface area contributed by atoms with E-state index in [-0.39, 0.29) is 0 Å². The predicted molar refractivity (Wildman–Crippen MR) is 81.4 cm³/mol. The SMILES string of the molecule is CC(C)CN(CCC(N)=S)c1ccn2nccc2n1. The average Bonchev–Trinajstić information content (AvgIpc) is 2.80. The van der Waals surface area contributed by atoms with Crippen LogP contribution >= 0.6 is 12.2 Å². The Morgan fingerprint density at radius 1 is 1.47 bits per heavy atom. The van der Waals surface area contributed by atoms with E-state index < -0.39 is 0 Å². The maximum Gasteiger partial charge on any atom is 0.157 e. The Morgan fingerprint density at radius 3 is 2.95 bits per heavy atom. The molecule has 0 spiro atoms. The van der Waals surface area contributed by atoms with Crippen molar-refractivity contribution in [2.24, 2.45) is 11.7 Å². The fourth-order valence-electron chi connectivity index (χ4n) is 1.96. The Labute approximate surface area is 118 Å². The van der Waals surface area contributed by atoms with E-state index in [1.165, 1.54) is 0 Å². The van der Waals surface area contributed by atoms with Gasteiger partial charge in [-0.3, -0.25) is 0 Å². The fourth-order valence-corrected chi connectivity index (χ4v) is 2.06. The highest BCUT2D eigenvalue weighted by Gasteiger charge is 2.11. The second kappa shape index (κ2) is 5.97. The van der Waals surface area contributed by atoms with Crippen molar-refractivity contribution in [1.29, 1.82) is 0 Å². The summed E-state index contributed by atoms with van der Waals surface area (Å²) < 4.78 is 1.75. The summed E-state index contributed by atoms with van der Waals surface area (Å²) >= 11 is 4.96. The molecule has 19 heavy (non-hydrogen) atoms. The zero-order chi connectivity index (χ0) is 13.8. The Kier molecular flexibility index (Phi) is 4.31. The zero-order valence-electron chi connectivity index (χ0n) is 11.3. The van der Waals surface area contributed by atoms with E-state index in [1.54, 1.807) is 10.7 Å². The van der Waals surface area contributed by atoms with Gasteiger partial charge in [0.15, 0.2) is 5.65 Å². The molecule has 0 fully saturated rings. The topological polar surface area (TPSA) is 59.5 Å². The van der Waals surface area contributed by atoms with Crippen molar-refractivity contribution in [3.8, 4) is 0 Å². The highest BCUT2D eigenvalue weighted by atomic mass is 32.1. The molecule has 2 rings (SSSR count). The van der Waals surface area contributed by atoms with Gasteiger partial charge in [-0.05, 0) is 12.0 Å². The Balaban J connectivity index is 2.21. The van der Waals surface area contributed by atoms with Crippen LogP contribution in [0.25, 0.3) is 5.65 Å². The highest BCUT2D eigenvalue weighted by molar-refractivity contribution is 7.80. The van der Waals surface area contributed by atoms with Crippen molar-refractivity contribution in [3.05, 3.63) is 24.5 Å². The van der Waals surface area contributed by atoms with Gasteiger partial charge in [0.05, 0.1) is 11.2 Å². The van der Waals surface area contributed by atoms with Crippen LogP contribution in [0.5, 0.6) is 0 Å². The minimum absolute atomic E-state index is 0.541. The summed E-state index contributed by atoms with van der Waals surface area (Å²) in [6, 6.07) is 3.87. The van der Waals surface area contributed by atoms with Gasteiger partial charge in [0.1, 0.15) is 5.82 Å². The maximum absolute atomic E-state index is 5.59. The first-order valence-electron chi connectivity index (χ1n) is 6.40. The summed E-state index contributed by atoms with van der Waals surface area (Å²) in [6.45, 7) is 6.10. The number of anilines is 1. The molecule has 0 bridgehead atoms. The number of nitrogens with zero attached hydrogens (tertiary/aromatic N) is 4. The van der Waals surface area contributed by atoms with Gasteiger partial charge in [0.2, 0.25) is 0 Å². The number of rotatable bonds is 6. The van der Waals surface area contributed by atoms with E-state index in [0.717, 1.165) is 24.6 Å². The first kappa shape index (κ1) is 13.7. The van der Waals surface area contributed by atoms with Crippen molar-refractivity contribution >= 4 is 28.7 Å². The summed E-state index contributed by atoms with van der Waals surface area (Å²) in [4.78, 5) is 7.37. The van der Waals surface area contributed by atoms with Crippen molar-refractivity contribution < 1.29 is 0 Å². The second-order valence-corrected chi connectivity index (χ2v) is 5.50. The van der Waals surface area contributed by atoms with Crippen LogP contribution in [-0.4, -0.2) is 32.7 Å². The number of hydrogen-bond donors (Lipinski definition) is 1. The second-order valence-electron chi connectivity index (χ2n) is 4.98. The number of thiocarbonyl (C=S) groups is 1. The van der Waals surface area contributed by atoms with E-state index in [1.807, 2.05) is 18.3 Å². The van der Waals surface area contributed by atoms with Crippen LogP contribution in [0.15, 0.2) is 24.5 Å². The summed E-state index contributed by atoms with van der Waals surface area (Å²) in [5, 5.41) is 4.15. The van der Waals surface area contributed by atoms with Crippen LogP contribution in [0.4, 0.5) is 5.82 Å². The summed E-state index contributed by atoms with van der Waals surface area (Å²) in [7, 11) is 0. The number of aromatic nitrogens is 3. The van der Waals surface area contributed by atoms with Crippen molar-refractivity contribution in [3.63, 3.8) is 0 Å². The smallest absolute Gasteiger partial charge is 0.157 e. The van der Waals surface area contributed by atoms with Crippen LogP contribution in [0.2, 0.25) is 0 Å². The van der Waals surface area contributed by atoms with Crippen LogP contribution in [-0.2, 0) is 0 Å². The molecule has 5 nitrogen and oxygen atoms in total. The van der Waals surface area contributed by atoms with Crippen molar-refractivity contribution in [2.75, 3.05) is 18.0 Å². The van der Waals surface area contributed by atoms with Gasteiger partial charge < -0.3 is 10.6 Å². The monoisotopic (exact) mass is 277 g/mol. The van der Waals surface area contributed by atoms with E-state index >= 15 is 0 Å². The lowest BCUT2D eigenvalue weighted by Gasteiger charge is -2.25. The van der Waals surface area contributed by atoms with Gasteiger partial charge >= 0.3 is 0 Å². The standard InChI is InChI=1S/C13H19N5S/c1-10(2)9-17(7-4-11(14)19)12-5-8-18-13(16-12)3-6-15-18/h3,5-6,8,10H,4,7,9H2,1-2H3,(H2,14,19). The Bertz CT molecular complexity index is 563. The molecule has 0 aliphatic heterocycles. The predicted octanol–water partition coefficient (Wildman–Crippen LogP) is 1.87. The Morgan fingerprint density at radius 2 is 2.26 bits per heavy atom. The third-order valence-corrected chi connectivity index (χ3v) is 2.99. The lowest BCUT2D eigenvalue weighted by Crippen LogP contribution is -2.31. The van der Waals surface area contributed by atoms with E-state index in [9.17, 15) is 0 Å². The van der Waals surface area contributed by atoms with Crippen LogP contribution in [0.1, 0.15) is 20.3 Å². The van der Waals surface area contributed by atoms with Gasteiger partial charge in [-0.15, -0.1) is 0 Å². The van der Waals surface area contributed by atoms with Crippen molar-refractivity contribution in [2.45, 2.75) is 20.3 Å². The van der Waals surface area contributed by atoms with Gasteiger partial charge in [0, 0.05) is 31.8 Å².